The van der Waals surface area contributed by atoms with Crippen molar-refractivity contribution in [3.8, 4) is 11.5 Å². The Morgan fingerprint density at radius 3 is 2.48 bits per heavy atom. The zero-order chi connectivity index (χ0) is 60.3. The van der Waals surface area contributed by atoms with Gasteiger partial charge < -0.3 is 34.6 Å². The van der Waals surface area contributed by atoms with Crippen LogP contribution in [0.1, 0.15) is 103 Å². The monoisotopic (exact) mass is 1210 g/mol. The molecule has 86 heavy (non-hydrogen) atoms. The number of anilines is 2. The number of nitrogens with one attached hydrogen (secondary N) is 4. The molecule has 1 atom stereocenters. The van der Waals surface area contributed by atoms with Crippen LogP contribution in [0, 0.1) is 21.4 Å². The van der Waals surface area contributed by atoms with E-state index in [0.717, 1.165) is 131 Å². The average Bonchev–Trinajstić information content (AvgIpc) is 4.11. The van der Waals surface area contributed by atoms with Crippen molar-refractivity contribution in [2.45, 2.75) is 89.1 Å². The Hall–Kier alpha value is -7.69. The van der Waals surface area contributed by atoms with Crippen molar-refractivity contribution in [3.63, 3.8) is 0 Å². The van der Waals surface area contributed by atoms with E-state index in [-0.39, 0.29) is 46.6 Å². The van der Waals surface area contributed by atoms with Crippen molar-refractivity contribution >= 4 is 78.9 Å². The van der Waals surface area contributed by atoms with Gasteiger partial charge in [-0.25, -0.2) is 18.1 Å². The minimum atomic E-state index is -4.62. The number of piperazine rings is 1. The number of nitro benzene ring substituents is 1. The van der Waals surface area contributed by atoms with E-state index in [1.54, 1.807) is 35.4 Å². The zero-order valence-electron chi connectivity index (χ0n) is 48.9. The second-order valence-electron chi connectivity index (χ2n) is 24.3. The van der Waals surface area contributed by atoms with Gasteiger partial charge in [0, 0.05) is 98.8 Å². The normalized spacial score (nSPS) is 18.8. The molecule has 4 amide bonds. The van der Waals surface area contributed by atoms with Gasteiger partial charge in [0.2, 0.25) is 11.8 Å². The number of amides is 4. The van der Waals surface area contributed by atoms with E-state index in [9.17, 15) is 37.7 Å². The number of sulfonamides is 1. The molecule has 0 saturated carbocycles. The van der Waals surface area contributed by atoms with E-state index in [4.69, 9.17) is 16.3 Å². The van der Waals surface area contributed by atoms with Gasteiger partial charge in [0.1, 0.15) is 28.9 Å². The fourth-order valence-corrected chi connectivity index (χ4v) is 13.8. The number of allylic oxidation sites excluding steroid dienone is 1. The molecule has 20 nitrogen and oxygen atoms in total. The number of carbonyl (C=O) groups excluding carboxylic acids is 4. The average molecular weight is 1210 g/mol. The first kappa shape index (κ1) is 60.0. The van der Waals surface area contributed by atoms with Crippen LogP contribution < -0.4 is 25.0 Å². The maximum absolute atomic E-state index is 14.2. The van der Waals surface area contributed by atoms with Crippen LogP contribution in [0.15, 0.2) is 114 Å². The van der Waals surface area contributed by atoms with Gasteiger partial charge in [-0.15, -0.1) is 0 Å². The number of pyridine rings is 1. The summed E-state index contributed by atoms with van der Waals surface area (Å²) < 4.78 is 36.5. The number of aromatic amines is 1. The van der Waals surface area contributed by atoms with Crippen LogP contribution in [0.25, 0.3) is 16.6 Å². The molecule has 22 heteroatoms. The molecule has 4 N–H and O–H groups in total. The lowest BCUT2D eigenvalue weighted by atomic mass is 9.72. The second kappa shape index (κ2) is 25.7. The van der Waals surface area contributed by atoms with Crippen LogP contribution in [0.2, 0.25) is 5.02 Å². The lowest BCUT2D eigenvalue weighted by molar-refractivity contribution is -0.384. The van der Waals surface area contributed by atoms with E-state index < -0.39 is 43.4 Å². The van der Waals surface area contributed by atoms with Gasteiger partial charge in [0.25, 0.3) is 27.5 Å². The van der Waals surface area contributed by atoms with Crippen molar-refractivity contribution in [1.82, 2.24) is 39.6 Å². The summed E-state index contributed by atoms with van der Waals surface area (Å²) in [7, 11) is -2.53. The van der Waals surface area contributed by atoms with Crippen molar-refractivity contribution in [2.24, 2.45) is 11.3 Å². The molecule has 4 aromatic carbocycles. The number of fused-ring (bicyclic) bond motifs is 2. The Balaban J connectivity index is 0.673. The highest BCUT2D eigenvalue weighted by Gasteiger charge is 2.40. The van der Waals surface area contributed by atoms with E-state index in [1.165, 1.54) is 35.0 Å². The number of aromatic nitrogens is 2. The third kappa shape index (κ3) is 13.9. The third-order valence-corrected chi connectivity index (χ3v) is 19.4. The Morgan fingerprint density at radius 2 is 1.71 bits per heavy atom. The van der Waals surface area contributed by atoms with Gasteiger partial charge in [-0.1, -0.05) is 55.3 Å². The molecule has 5 aliphatic rings. The van der Waals surface area contributed by atoms with Crippen LogP contribution in [-0.4, -0.2) is 152 Å². The van der Waals surface area contributed by atoms with Crippen LogP contribution >= 0.6 is 11.6 Å². The van der Waals surface area contributed by atoms with Gasteiger partial charge in [-0.2, -0.15) is 0 Å². The van der Waals surface area contributed by atoms with Crippen LogP contribution in [0.4, 0.5) is 17.1 Å². The molecule has 452 valence electrons. The number of rotatable bonds is 21. The molecule has 0 bridgehead atoms. The maximum atomic E-state index is 14.2. The van der Waals surface area contributed by atoms with Gasteiger partial charge >= 0.3 is 0 Å². The molecule has 1 aliphatic carbocycles. The lowest BCUT2D eigenvalue weighted by Crippen LogP contribution is -2.52. The topological polar surface area (TPSA) is 236 Å². The van der Waals surface area contributed by atoms with E-state index in [2.05, 4.69) is 78.0 Å². The minimum Gasteiger partial charge on any atom is -0.455 e. The number of hydrogen-bond acceptors (Lipinski definition) is 15. The minimum absolute atomic E-state index is 0.0518. The number of benzene rings is 4. The molecule has 3 saturated heterocycles. The molecule has 6 aromatic rings. The first-order valence-electron chi connectivity index (χ1n) is 29.8. The Morgan fingerprint density at radius 1 is 0.919 bits per heavy atom. The van der Waals surface area contributed by atoms with Crippen LogP contribution in [0.5, 0.6) is 11.5 Å². The van der Waals surface area contributed by atoms with E-state index >= 15 is 0 Å². The molecular formula is C64H74ClN11O9S. The smallest absolute Gasteiger partial charge is 0.293 e. The highest BCUT2D eigenvalue weighted by atomic mass is 35.5. The number of piperidine rings is 2. The summed E-state index contributed by atoms with van der Waals surface area (Å²) in [5.74, 6) is -1.17. The quantitative estimate of drug-likeness (QED) is 0.0299. The molecule has 0 radical (unpaired) electrons. The Bertz CT molecular complexity index is 3710. The highest BCUT2D eigenvalue weighted by molar-refractivity contribution is 7.90. The number of nitro groups is 1. The third-order valence-electron chi connectivity index (χ3n) is 17.8. The number of ether oxygens (including phenoxy) is 1. The SMILES string of the molecule is CN(CCCN1CCC(CNc2ccc(S(=O)(=O)NC(=O)c3ccc(N4CCN(CC5=C(c6ccc(Cl)cc6)CC(C)(C)CC5)CC4)cc3Oc3cnc4[nH]ccc4c3)cc2[N+](=O)[O-])CC1)CCc1cccc2c1CN(C1CCC(=O)NC1=O)C2=O. The fraction of sp³-hybridized carbons (Fsp3) is 0.422. The number of nitrogens with zero attached hydrogens (tertiary/aromatic N) is 7. The predicted octanol–water partition coefficient (Wildman–Crippen LogP) is 9.27. The molecule has 1 unspecified atom stereocenters. The molecule has 6 heterocycles. The number of imide groups is 1. The number of likely N-dealkylation sites (N-methyl/N-ethyl adjacent to an activating group) is 1. The summed E-state index contributed by atoms with van der Waals surface area (Å²) in [6, 6.07) is 25.6. The number of likely N-dealkylation sites (tertiary alicyclic amines) is 1. The summed E-state index contributed by atoms with van der Waals surface area (Å²) in [5.41, 5.74) is 8.10. The molecular weight excluding hydrogens is 1130 g/mol. The Labute approximate surface area is 506 Å². The fourth-order valence-electron chi connectivity index (χ4n) is 12.7. The lowest BCUT2D eigenvalue weighted by Gasteiger charge is -2.39. The maximum Gasteiger partial charge on any atom is 0.293 e. The number of H-pyrrole nitrogens is 1. The number of hydrogen-bond donors (Lipinski definition) is 4. The molecule has 11 rings (SSSR count). The first-order chi connectivity index (χ1) is 41.3. The largest absolute Gasteiger partial charge is 0.455 e. The highest BCUT2D eigenvalue weighted by Crippen LogP contribution is 2.44. The molecule has 0 spiro atoms. The van der Waals surface area contributed by atoms with Gasteiger partial charge in [-0.3, -0.25) is 39.5 Å². The molecule has 2 aromatic heterocycles. The van der Waals surface area contributed by atoms with Crippen molar-refractivity contribution in [2.75, 3.05) is 89.3 Å². The summed E-state index contributed by atoms with van der Waals surface area (Å²) in [4.78, 5) is 81.7. The number of halogens is 1. The summed E-state index contributed by atoms with van der Waals surface area (Å²) in [6.07, 6.45) is 10.5. The standard InChI is InChI=1S/C64H74ClN11O9S/c1-64(2)23-18-46(53(37-64)44-8-10-47(65)11-9-44)40-73-30-32-74(33-31-73)48-12-14-52(58(35-48)85-49-34-45-19-24-66-60(45)68-39-49)61(78)70-86(83,84)50-13-15-55(57(36-50)76(81)82)67-38-42-20-28-72(29-21-42)26-5-25-71(3)27-22-43-6-4-7-51-54(43)41-75(63(51)80)56-16-17-59(77)69-62(56)79/h4,6-15,19,24,34-36,39,42,56,67H,5,16-18,20-23,25-33,37-38,40-41H2,1-3H3,(H,66,68)(H,70,78)(H,69,77,79). The van der Waals surface area contributed by atoms with Gasteiger partial charge in [-0.05, 0) is 173 Å². The Kier molecular flexibility index (Phi) is 17.9. The summed E-state index contributed by atoms with van der Waals surface area (Å²) in [6.45, 7) is 13.7. The van der Waals surface area contributed by atoms with E-state index in [1.807, 2.05) is 36.4 Å². The predicted molar refractivity (Wildman–Crippen MR) is 331 cm³/mol. The second-order valence-corrected chi connectivity index (χ2v) is 26.5. The van der Waals surface area contributed by atoms with Crippen LogP contribution in [0.3, 0.4) is 0 Å². The summed E-state index contributed by atoms with van der Waals surface area (Å²) >= 11 is 6.27. The number of carbonyl (C=O) groups is 4. The van der Waals surface area contributed by atoms with Crippen molar-refractivity contribution < 1.29 is 37.3 Å². The zero-order valence-corrected chi connectivity index (χ0v) is 50.5. The van der Waals surface area contributed by atoms with Crippen molar-refractivity contribution in [1.29, 1.82) is 0 Å². The first-order valence-corrected chi connectivity index (χ1v) is 31.6. The summed E-state index contributed by atoms with van der Waals surface area (Å²) in [5, 5.41) is 19.6. The molecule has 3 fully saturated rings. The van der Waals surface area contributed by atoms with Gasteiger partial charge in [0.05, 0.1) is 21.6 Å². The van der Waals surface area contributed by atoms with Crippen LogP contribution in [-0.2, 0) is 32.6 Å². The van der Waals surface area contributed by atoms with Gasteiger partial charge in [0.15, 0.2) is 0 Å². The van der Waals surface area contributed by atoms with E-state index in [0.29, 0.717) is 49.6 Å². The van der Waals surface area contributed by atoms with Crippen molar-refractivity contribution in [3.05, 3.63) is 152 Å². The molecule has 4 aliphatic heterocycles.